The molecule has 10 heteroatoms. The summed E-state index contributed by atoms with van der Waals surface area (Å²) in [5, 5.41) is 9.90. The van der Waals surface area contributed by atoms with Gasteiger partial charge in [-0.3, -0.25) is 14.7 Å². The van der Waals surface area contributed by atoms with Crippen LogP contribution in [0.1, 0.15) is 30.5 Å². The molecule has 0 unspecified atom stereocenters. The van der Waals surface area contributed by atoms with Crippen molar-refractivity contribution in [3.8, 4) is 0 Å². The number of pyridine rings is 1. The molecule has 1 saturated heterocycles. The van der Waals surface area contributed by atoms with Gasteiger partial charge in [-0.25, -0.2) is 13.8 Å². The van der Waals surface area contributed by atoms with Gasteiger partial charge in [-0.05, 0) is 30.2 Å². The van der Waals surface area contributed by atoms with Crippen LogP contribution in [-0.2, 0) is 9.59 Å². The number of nitrogens with zero attached hydrogens (tertiary/aromatic N) is 3. The van der Waals surface area contributed by atoms with Crippen molar-refractivity contribution in [1.29, 1.82) is 0 Å². The zero-order chi connectivity index (χ0) is 22.3. The van der Waals surface area contributed by atoms with Gasteiger partial charge < -0.3 is 16.0 Å². The first-order valence-electron chi connectivity index (χ1n) is 9.81. The van der Waals surface area contributed by atoms with Crippen molar-refractivity contribution < 1.29 is 18.4 Å². The van der Waals surface area contributed by atoms with E-state index in [9.17, 15) is 18.4 Å². The number of aryl methyl sites for hydroxylation is 1. The highest BCUT2D eigenvalue weighted by Gasteiger charge is 2.49. The van der Waals surface area contributed by atoms with Gasteiger partial charge in [0.15, 0.2) is 0 Å². The molecule has 3 aromatic rings. The molecule has 162 valence electrons. The summed E-state index contributed by atoms with van der Waals surface area (Å²) in [4.78, 5) is 30.9. The number of hydrogen-bond acceptors (Lipinski definition) is 5. The Bertz CT molecular complexity index is 1160. The number of nitrogens with two attached hydrogens (primary N) is 1. The van der Waals surface area contributed by atoms with E-state index in [4.69, 9.17) is 5.73 Å². The van der Waals surface area contributed by atoms with Crippen LogP contribution in [0.4, 0.5) is 20.3 Å². The van der Waals surface area contributed by atoms with E-state index in [1.54, 1.807) is 31.2 Å². The monoisotopic (exact) mass is 428 g/mol. The van der Waals surface area contributed by atoms with E-state index in [1.165, 1.54) is 24.2 Å². The fourth-order valence-electron chi connectivity index (χ4n) is 3.88. The first kappa shape index (κ1) is 20.7. The lowest BCUT2D eigenvalue weighted by atomic mass is 9.85. The summed E-state index contributed by atoms with van der Waals surface area (Å²) in [5.41, 5.74) is 7.80. The molecule has 2 aromatic heterocycles. The number of anilines is 2. The summed E-state index contributed by atoms with van der Waals surface area (Å²) >= 11 is 0. The van der Waals surface area contributed by atoms with Crippen molar-refractivity contribution >= 4 is 34.2 Å². The lowest BCUT2D eigenvalue weighted by Crippen LogP contribution is -2.52. The van der Waals surface area contributed by atoms with Crippen molar-refractivity contribution in [2.75, 3.05) is 17.6 Å². The molecule has 0 bridgehead atoms. The van der Waals surface area contributed by atoms with Gasteiger partial charge in [0.2, 0.25) is 0 Å². The molecule has 4 N–H and O–H groups in total. The summed E-state index contributed by atoms with van der Waals surface area (Å²) in [7, 11) is 0. The number of aromatic nitrogens is 3. The van der Waals surface area contributed by atoms with Crippen LogP contribution in [0.3, 0.4) is 0 Å². The molecule has 1 aromatic carbocycles. The van der Waals surface area contributed by atoms with Gasteiger partial charge >= 0.3 is 11.8 Å². The molecule has 0 aliphatic carbocycles. The van der Waals surface area contributed by atoms with E-state index in [0.717, 1.165) is 0 Å². The molecule has 3 heterocycles. The second-order valence-corrected chi connectivity index (χ2v) is 7.90. The number of hydrogen-bond donors (Lipinski definition) is 3. The number of fused-ring (bicyclic) bond motifs is 1. The minimum absolute atomic E-state index is 0.253. The van der Waals surface area contributed by atoms with Crippen LogP contribution in [0.15, 0.2) is 36.7 Å². The fourth-order valence-corrected chi connectivity index (χ4v) is 3.88. The molecule has 0 saturated carbocycles. The first-order valence-corrected chi connectivity index (χ1v) is 9.81. The predicted octanol–water partition coefficient (Wildman–Crippen LogP) is 3.03. The van der Waals surface area contributed by atoms with Crippen LogP contribution >= 0.6 is 0 Å². The summed E-state index contributed by atoms with van der Waals surface area (Å²) < 4.78 is 29.3. The van der Waals surface area contributed by atoms with Crippen molar-refractivity contribution in [3.63, 3.8) is 0 Å². The fraction of sp³-hybridized carbons (Fsp3) is 0.333. The summed E-state index contributed by atoms with van der Waals surface area (Å²) in [6, 6.07) is 5.77. The molecule has 2 atom stereocenters. The van der Waals surface area contributed by atoms with Gasteiger partial charge in [0.05, 0.1) is 29.6 Å². The van der Waals surface area contributed by atoms with Crippen molar-refractivity contribution in [2.45, 2.75) is 32.2 Å². The molecule has 0 radical (unpaired) electrons. The molecule has 4 rings (SSSR count). The third kappa shape index (κ3) is 3.80. The van der Waals surface area contributed by atoms with Crippen LogP contribution in [0.5, 0.6) is 0 Å². The summed E-state index contributed by atoms with van der Waals surface area (Å²) in [6.07, 6.45) is 2.29. The third-order valence-corrected chi connectivity index (χ3v) is 5.74. The van der Waals surface area contributed by atoms with E-state index < -0.39 is 36.1 Å². The van der Waals surface area contributed by atoms with Crippen LogP contribution in [0, 0.1) is 12.8 Å². The first-order chi connectivity index (χ1) is 14.7. The number of carbonyl (C=O) groups excluding carboxylic acids is 2. The quantitative estimate of drug-likeness (QED) is 0.543. The number of benzene rings is 1. The molecule has 1 aliphatic heterocycles. The zero-order valence-electron chi connectivity index (χ0n) is 17.0. The van der Waals surface area contributed by atoms with Crippen molar-refractivity contribution in [3.05, 3.63) is 47.8 Å². The highest BCUT2D eigenvalue weighted by atomic mass is 19.3. The van der Waals surface area contributed by atoms with Gasteiger partial charge in [0.1, 0.15) is 5.82 Å². The average molecular weight is 428 g/mol. The molecule has 31 heavy (non-hydrogen) atoms. The predicted molar refractivity (Wildman–Crippen MR) is 111 cm³/mol. The lowest BCUT2D eigenvalue weighted by Gasteiger charge is -2.42. The van der Waals surface area contributed by atoms with E-state index in [1.807, 2.05) is 0 Å². The molecule has 2 amide bonds. The highest BCUT2D eigenvalue weighted by molar-refractivity contribution is 6.39. The Hall–Kier alpha value is -3.56. The number of nitrogen functional groups attached to an aromatic ring is 1. The average Bonchev–Trinajstić information content (AvgIpc) is 3.21. The lowest BCUT2D eigenvalue weighted by molar-refractivity contribution is -0.158. The smallest absolute Gasteiger partial charge is 0.313 e. The number of nitrogens with one attached hydrogen (secondary N) is 2. The van der Waals surface area contributed by atoms with Gasteiger partial charge in [-0.1, -0.05) is 19.1 Å². The maximum absolute atomic E-state index is 14.6. The Morgan fingerprint density at radius 3 is 2.84 bits per heavy atom. The Labute approximate surface area is 176 Å². The number of likely N-dealkylation sites (tertiary alicyclic amines) is 1. The van der Waals surface area contributed by atoms with E-state index >= 15 is 0 Å². The van der Waals surface area contributed by atoms with Crippen LogP contribution in [-0.4, -0.2) is 44.4 Å². The molecule has 1 aliphatic rings. The van der Waals surface area contributed by atoms with Gasteiger partial charge in [0.25, 0.3) is 5.92 Å². The molecular formula is C21H22F2N6O2. The Balaban J connectivity index is 1.66. The maximum Gasteiger partial charge on any atom is 0.313 e. The van der Waals surface area contributed by atoms with E-state index in [-0.39, 0.29) is 6.54 Å². The molecule has 8 nitrogen and oxygen atoms in total. The summed E-state index contributed by atoms with van der Waals surface area (Å²) in [5.74, 6) is -5.58. The third-order valence-electron chi connectivity index (χ3n) is 5.74. The zero-order valence-corrected chi connectivity index (χ0v) is 17.0. The van der Waals surface area contributed by atoms with Crippen LogP contribution < -0.4 is 11.1 Å². The van der Waals surface area contributed by atoms with Crippen LogP contribution in [0.25, 0.3) is 10.9 Å². The van der Waals surface area contributed by atoms with E-state index in [0.29, 0.717) is 33.5 Å². The van der Waals surface area contributed by atoms with Crippen molar-refractivity contribution in [1.82, 2.24) is 20.1 Å². The minimum atomic E-state index is -2.98. The topological polar surface area (TPSA) is 117 Å². The normalized spacial score (nSPS) is 20.6. The maximum atomic E-state index is 14.6. The molecular weight excluding hydrogens is 406 g/mol. The largest absolute Gasteiger partial charge is 0.383 e. The SMILES string of the molecule is Cc1cc(NC(=O)C(=O)N2C[C@H](C)C(F)(F)C[C@H]2c2cccc3[nH]ncc23)cnc1N. The van der Waals surface area contributed by atoms with Gasteiger partial charge in [0, 0.05) is 24.3 Å². The number of piperidine rings is 1. The number of aromatic amines is 1. The number of alkyl halides is 2. The Morgan fingerprint density at radius 1 is 1.32 bits per heavy atom. The second kappa shape index (κ2) is 7.60. The molecule has 0 spiro atoms. The number of amides is 2. The molecule has 1 fully saturated rings. The van der Waals surface area contributed by atoms with Crippen LogP contribution in [0.2, 0.25) is 0 Å². The Kier molecular flexibility index (Phi) is 5.08. The number of halogens is 2. The Morgan fingerprint density at radius 2 is 2.10 bits per heavy atom. The number of H-pyrrole nitrogens is 1. The number of carbonyl (C=O) groups is 2. The highest BCUT2D eigenvalue weighted by Crippen LogP contribution is 2.44. The van der Waals surface area contributed by atoms with Crippen molar-refractivity contribution in [2.24, 2.45) is 5.92 Å². The number of rotatable bonds is 2. The summed E-state index contributed by atoms with van der Waals surface area (Å²) in [6.45, 7) is 2.84. The second-order valence-electron chi connectivity index (χ2n) is 7.90. The minimum Gasteiger partial charge on any atom is -0.383 e. The van der Waals surface area contributed by atoms with Gasteiger partial charge in [-0.2, -0.15) is 5.10 Å². The van der Waals surface area contributed by atoms with E-state index in [2.05, 4.69) is 20.5 Å². The van der Waals surface area contributed by atoms with Gasteiger partial charge in [-0.15, -0.1) is 0 Å². The standard InChI is InChI=1S/C21H22F2N6O2/c1-11-6-13(8-25-18(11)24)27-19(30)20(31)29-10-12(2)21(22,23)7-17(29)14-4-3-5-16-15(14)9-26-28-16/h3-6,8-9,12,17H,7,10H2,1-2H3,(H2,24,25)(H,26,28)(H,27,30)/t12-,17-/m0/s1.